The molecule has 0 bridgehead atoms. The smallest absolute Gasteiger partial charge is 0.329 e. The van der Waals surface area contributed by atoms with Crippen LogP contribution in [0.2, 0.25) is 0 Å². The molecule has 0 aromatic rings. The molecule has 3 fully saturated rings. The fourth-order valence-corrected chi connectivity index (χ4v) is 4.27. The number of ether oxygens (including phenoxy) is 1. The summed E-state index contributed by atoms with van der Waals surface area (Å²) in [6, 6.07) is -0.821. The lowest BCUT2D eigenvalue weighted by molar-refractivity contribution is -0.159. The lowest BCUT2D eigenvalue weighted by Crippen LogP contribution is -2.45. The van der Waals surface area contributed by atoms with Gasteiger partial charge in [-0.25, -0.2) is 4.79 Å². The van der Waals surface area contributed by atoms with E-state index in [1.54, 1.807) is 0 Å². The topological polar surface area (TPSA) is 92.8 Å². The van der Waals surface area contributed by atoms with Gasteiger partial charge in [-0.1, -0.05) is 25.7 Å². The van der Waals surface area contributed by atoms with E-state index in [2.05, 4.69) is 5.32 Å². The van der Waals surface area contributed by atoms with Gasteiger partial charge >= 0.3 is 5.97 Å². The Hall–Kier alpha value is -1.92. The van der Waals surface area contributed by atoms with Gasteiger partial charge in [0.05, 0.1) is 11.8 Å². The minimum absolute atomic E-state index is 0.161. The molecule has 2 saturated carbocycles. The van der Waals surface area contributed by atoms with Crippen LogP contribution >= 0.6 is 0 Å². The minimum atomic E-state index is -0.982. The SMILES string of the molecule is CC(C(=O)OCC(=O)NC1CCCC1)N1C(=O)C2CCCCC2C1=O. The molecular formula is C18H26N2O5. The van der Waals surface area contributed by atoms with Crippen LogP contribution < -0.4 is 5.32 Å². The second kappa shape index (κ2) is 7.54. The largest absolute Gasteiger partial charge is 0.454 e. The molecule has 3 aliphatic rings. The molecule has 0 spiro atoms. The Bertz CT molecular complexity index is 546. The fourth-order valence-electron chi connectivity index (χ4n) is 4.27. The first kappa shape index (κ1) is 17.9. The molecule has 3 atom stereocenters. The monoisotopic (exact) mass is 350 g/mol. The molecule has 1 aliphatic heterocycles. The highest BCUT2D eigenvalue weighted by molar-refractivity contribution is 6.07. The summed E-state index contributed by atoms with van der Waals surface area (Å²) in [6.07, 6.45) is 7.40. The van der Waals surface area contributed by atoms with Crippen LogP contribution in [0.15, 0.2) is 0 Å². The van der Waals surface area contributed by atoms with E-state index in [9.17, 15) is 19.2 Å². The second-order valence-corrected chi connectivity index (χ2v) is 7.38. The summed E-state index contributed by atoms with van der Waals surface area (Å²) in [5, 5.41) is 2.84. The van der Waals surface area contributed by atoms with Crippen molar-refractivity contribution in [3.05, 3.63) is 0 Å². The van der Waals surface area contributed by atoms with Crippen LogP contribution in [-0.4, -0.2) is 47.3 Å². The van der Waals surface area contributed by atoms with Gasteiger partial charge in [0.15, 0.2) is 6.61 Å². The maximum absolute atomic E-state index is 12.5. The van der Waals surface area contributed by atoms with E-state index in [1.807, 2.05) is 0 Å². The predicted molar refractivity (Wildman–Crippen MR) is 88.1 cm³/mol. The summed E-state index contributed by atoms with van der Waals surface area (Å²) in [7, 11) is 0. The van der Waals surface area contributed by atoms with Crippen molar-refractivity contribution < 1.29 is 23.9 Å². The molecule has 3 rings (SSSR count). The highest BCUT2D eigenvalue weighted by Gasteiger charge is 2.51. The third-order valence-electron chi connectivity index (χ3n) is 5.67. The standard InChI is InChI=1S/C18H26N2O5/c1-11(18(24)25-10-15(21)19-12-6-2-3-7-12)20-16(22)13-8-4-5-9-14(13)17(20)23/h11-14H,2-10H2,1H3,(H,19,21). The van der Waals surface area contributed by atoms with Gasteiger partial charge in [0.1, 0.15) is 6.04 Å². The molecule has 0 radical (unpaired) electrons. The van der Waals surface area contributed by atoms with Crippen LogP contribution in [0.3, 0.4) is 0 Å². The summed E-state index contributed by atoms with van der Waals surface area (Å²) < 4.78 is 5.04. The number of fused-ring (bicyclic) bond motifs is 1. The van der Waals surface area contributed by atoms with Crippen molar-refractivity contribution in [1.82, 2.24) is 10.2 Å². The molecule has 7 heteroatoms. The van der Waals surface area contributed by atoms with E-state index >= 15 is 0 Å². The number of amides is 3. The Balaban J connectivity index is 1.52. The van der Waals surface area contributed by atoms with Crippen molar-refractivity contribution in [2.75, 3.05) is 6.61 Å². The summed E-state index contributed by atoms with van der Waals surface area (Å²) in [6.45, 7) is 1.12. The van der Waals surface area contributed by atoms with Crippen molar-refractivity contribution in [1.29, 1.82) is 0 Å². The van der Waals surface area contributed by atoms with Crippen molar-refractivity contribution in [2.24, 2.45) is 11.8 Å². The fraction of sp³-hybridized carbons (Fsp3) is 0.778. The zero-order valence-corrected chi connectivity index (χ0v) is 14.7. The third-order valence-corrected chi connectivity index (χ3v) is 5.67. The molecule has 0 aromatic heterocycles. The van der Waals surface area contributed by atoms with Gasteiger partial charge in [0.2, 0.25) is 11.8 Å². The number of hydrogen-bond donors (Lipinski definition) is 1. The highest BCUT2D eigenvalue weighted by atomic mass is 16.5. The van der Waals surface area contributed by atoms with Crippen LogP contribution in [-0.2, 0) is 23.9 Å². The Morgan fingerprint density at radius 1 is 1.04 bits per heavy atom. The van der Waals surface area contributed by atoms with E-state index in [-0.39, 0.29) is 42.2 Å². The maximum Gasteiger partial charge on any atom is 0.329 e. The Morgan fingerprint density at radius 2 is 1.56 bits per heavy atom. The quantitative estimate of drug-likeness (QED) is 0.593. The summed E-state index contributed by atoms with van der Waals surface area (Å²) in [4.78, 5) is 50.1. The molecular weight excluding hydrogens is 324 g/mol. The maximum atomic E-state index is 12.5. The number of hydrogen-bond acceptors (Lipinski definition) is 5. The highest BCUT2D eigenvalue weighted by Crippen LogP contribution is 2.38. The van der Waals surface area contributed by atoms with Gasteiger partial charge in [-0.3, -0.25) is 19.3 Å². The first-order chi connectivity index (χ1) is 12.0. The van der Waals surface area contributed by atoms with Crippen molar-refractivity contribution in [3.8, 4) is 0 Å². The zero-order chi connectivity index (χ0) is 18.0. The van der Waals surface area contributed by atoms with Gasteiger partial charge in [-0.2, -0.15) is 0 Å². The number of nitrogens with zero attached hydrogens (tertiary/aromatic N) is 1. The van der Waals surface area contributed by atoms with E-state index < -0.39 is 12.0 Å². The molecule has 2 aliphatic carbocycles. The van der Waals surface area contributed by atoms with Crippen LogP contribution in [0.4, 0.5) is 0 Å². The number of nitrogens with one attached hydrogen (secondary N) is 1. The molecule has 0 aromatic carbocycles. The number of likely N-dealkylation sites (tertiary alicyclic amines) is 1. The normalized spacial score (nSPS) is 28.0. The molecule has 3 unspecified atom stereocenters. The van der Waals surface area contributed by atoms with Crippen LogP contribution in [0, 0.1) is 11.8 Å². The second-order valence-electron chi connectivity index (χ2n) is 7.38. The lowest BCUT2D eigenvalue weighted by Gasteiger charge is -2.21. The first-order valence-corrected chi connectivity index (χ1v) is 9.32. The van der Waals surface area contributed by atoms with E-state index in [0.29, 0.717) is 12.8 Å². The average Bonchev–Trinajstić information content (AvgIpc) is 3.20. The third kappa shape index (κ3) is 3.70. The van der Waals surface area contributed by atoms with Crippen molar-refractivity contribution in [3.63, 3.8) is 0 Å². The van der Waals surface area contributed by atoms with Gasteiger partial charge in [0.25, 0.3) is 5.91 Å². The van der Waals surface area contributed by atoms with Crippen molar-refractivity contribution in [2.45, 2.75) is 70.4 Å². The molecule has 7 nitrogen and oxygen atoms in total. The number of carbonyl (C=O) groups is 4. The van der Waals surface area contributed by atoms with Crippen LogP contribution in [0.5, 0.6) is 0 Å². The van der Waals surface area contributed by atoms with E-state index in [0.717, 1.165) is 43.4 Å². The molecule has 3 amide bonds. The van der Waals surface area contributed by atoms with Crippen molar-refractivity contribution >= 4 is 23.7 Å². The van der Waals surface area contributed by atoms with Crippen LogP contribution in [0.1, 0.15) is 58.3 Å². The van der Waals surface area contributed by atoms with E-state index in [1.165, 1.54) is 6.92 Å². The van der Waals surface area contributed by atoms with E-state index in [4.69, 9.17) is 4.74 Å². The minimum Gasteiger partial charge on any atom is -0.454 e. The Kier molecular flexibility index (Phi) is 5.39. The summed E-state index contributed by atoms with van der Waals surface area (Å²) in [5.41, 5.74) is 0. The summed E-state index contributed by atoms with van der Waals surface area (Å²) >= 11 is 0. The molecule has 1 N–H and O–H groups in total. The lowest BCUT2D eigenvalue weighted by atomic mass is 9.81. The van der Waals surface area contributed by atoms with Gasteiger partial charge in [0, 0.05) is 6.04 Å². The number of imide groups is 1. The van der Waals surface area contributed by atoms with Crippen LogP contribution in [0.25, 0.3) is 0 Å². The number of rotatable bonds is 5. The molecule has 25 heavy (non-hydrogen) atoms. The van der Waals surface area contributed by atoms with Gasteiger partial charge < -0.3 is 10.1 Å². The zero-order valence-electron chi connectivity index (χ0n) is 14.7. The Labute approximate surface area is 147 Å². The van der Waals surface area contributed by atoms with Gasteiger partial charge in [-0.05, 0) is 32.6 Å². The van der Waals surface area contributed by atoms with Gasteiger partial charge in [-0.15, -0.1) is 0 Å². The number of carbonyl (C=O) groups excluding carboxylic acids is 4. The summed E-state index contributed by atoms with van der Waals surface area (Å²) in [5.74, 6) is -2.16. The predicted octanol–water partition coefficient (Wildman–Crippen LogP) is 1.15. The molecule has 1 saturated heterocycles. The number of esters is 1. The first-order valence-electron chi connectivity index (χ1n) is 9.32. The molecule has 138 valence electrons. The average molecular weight is 350 g/mol. The molecule has 1 heterocycles. The Morgan fingerprint density at radius 3 is 2.12 bits per heavy atom.